The summed E-state index contributed by atoms with van der Waals surface area (Å²) < 4.78 is 49.7. The summed E-state index contributed by atoms with van der Waals surface area (Å²) in [5.41, 5.74) is 1.92. The van der Waals surface area contributed by atoms with Gasteiger partial charge in [0.1, 0.15) is 11.5 Å². The van der Waals surface area contributed by atoms with Gasteiger partial charge in [-0.3, -0.25) is 9.80 Å². The van der Waals surface area contributed by atoms with Crippen molar-refractivity contribution in [2.45, 2.75) is 44.9 Å². The lowest BCUT2D eigenvalue weighted by molar-refractivity contribution is -0.137. The normalized spacial score (nSPS) is 18.1. The summed E-state index contributed by atoms with van der Waals surface area (Å²) in [6.45, 7) is 4.71. The zero-order valence-corrected chi connectivity index (χ0v) is 17.6. The van der Waals surface area contributed by atoms with E-state index in [2.05, 4.69) is 25.1 Å². The molecule has 32 heavy (non-hydrogen) atoms. The Kier molecular flexibility index (Phi) is 5.73. The molecule has 0 saturated carbocycles. The van der Waals surface area contributed by atoms with Gasteiger partial charge in [0, 0.05) is 50.3 Å². The van der Waals surface area contributed by atoms with Crippen LogP contribution in [0.1, 0.15) is 41.3 Å². The summed E-state index contributed by atoms with van der Waals surface area (Å²) in [5.74, 6) is 1.62. The minimum atomic E-state index is -4.41. The van der Waals surface area contributed by atoms with E-state index in [1.165, 1.54) is 24.5 Å². The molecule has 0 unspecified atom stereocenters. The lowest BCUT2D eigenvalue weighted by Crippen LogP contribution is -2.45. The maximum atomic E-state index is 12.9. The Morgan fingerprint density at radius 2 is 1.66 bits per heavy atom. The summed E-state index contributed by atoms with van der Waals surface area (Å²) in [6, 6.07) is 4.96. The van der Waals surface area contributed by atoms with Crippen LogP contribution in [0.5, 0.6) is 0 Å². The van der Waals surface area contributed by atoms with E-state index in [4.69, 9.17) is 9.05 Å². The first-order valence-electron chi connectivity index (χ1n) is 10.9. The van der Waals surface area contributed by atoms with E-state index < -0.39 is 11.7 Å². The average molecular weight is 447 g/mol. The summed E-state index contributed by atoms with van der Waals surface area (Å²) >= 11 is 0. The number of alkyl halides is 3. The van der Waals surface area contributed by atoms with Crippen molar-refractivity contribution >= 4 is 0 Å². The largest absolute Gasteiger partial charge is 0.416 e. The van der Waals surface area contributed by atoms with Crippen molar-refractivity contribution in [2.24, 2.45) is 0 Å². The summed E-state index contributed by atoms with van der Waals surface area (Å²) in [4.78, 5) is 8.88. The third-order valence-corrected chi connectivity index (χ3v) is 6.14. The molecule has 1 fully saturated rings. The van der Waals surface area contributed by atoms with Gasteiger partial charge in [0.2, 0.25) is 11.7 Å². The van der Waals surface area contributed by atoms with E-state index in [-0.39, 0.29) is 11.4 Å². The third-order valence-electron chi connectivity index (χ3n) is 6.14. The van der Waals surface area contributed by atoms with Gasteiger partial charge in [0.05, 0.1) is 12.1 Å². The topological polar surface area (TPSA) is 71.4 Å². The predicted octanol–water partition coefficient (Wildman–Crippen LogP) is 3.94. The number of fused-ring (bicyclic) bond motifs is 1. The Labute approximate surface area is 183 Å². The van der Waals surface area contributed by atoms with Crippen LogP contribution < -0.4 is 0 Å². The molecule has 5 rings (SSSR count). The van der Waals surface area contributed by atoms with E-state index in [9.17, 15) is 13.2 Å². The van der Waals surface area contributed by atoms with Crippen LogP contribution in [0.4, 0.5) is 13.2 Å². The second-order valence-electron chi connectivity index (χ2n) is 8.38. The first-order valence-corrected chi connectivity index (χ1v) is 10.9. The van der Waals surface area contributed by atoms with E-state index >= 15 is 0 Å². The maximum Gasteiger partial charge on any atom is 0.416 e. The zero-order chi connectivity index (χ0) is 22.1. The number of hydrogen-bond donors (Lipinski definition) is 0. The first-order chi connectivity index (χ1) is 15.5. The van der Waals surface area contributed by atoms with Gasteiger partial charge in [-0.25, -0.2) is 0 Å². The van der Waals surface area contributed by atoms with Crippen molar-refractivity contribution in [1.82, 2.24) is 25.1 Å². The van der Waals surface area contributed by atoms with Crippen LogP contribution in [0.25, 0.3) is 11.4 Å². The standard InChI is InChI=1S/C22H24F3N5O2/c23-22(24,25)16-5-3-4-15(12-16)21-26-20(32-28-21)14-30-10-8-29(9-11-30)13-18-17-6-1-2-7-19(17)31-27-18/h3-5,12H,1-2,6-11,13-14H2. The van der Waals surface area contributed by atoms with Crippen LogP contribution in [-0.2, 0) is 32.1 Å². The van der Waals surface area contributed by atoms with Crippen molar-refractivity contribution < 1.29 is 22.2 Å². The lowest BCUT2D eigenvalue weighted by atomic mass is 9.96. The smallest absolute Gasteiger partial charge is 0.361 e. The number of hydrogen-bond acceptors (Lipinski definition) is 7. The second-order valence-corrected chi connectivity index (χ2v) is 8.38. The van der Waals surface area contributed by atoms with Gasteiger partial charge in [0.25, 0.3) is 0 Å². The molecule has 0 radical (unpaired) electrons. The Bertz CT molecular complexity index is 1070. The Morgan fingerprint density at radius 1 is 0.906 bits per heavy atom. The first kappa shape index (κ1) is 21.1. The van der Waals surface area contributed by atoms with Crippen LogP contribution in [0.2, 0.25) is 0 Å². The molecule has 10 heteroatoms. The van der Waals surface area contributed by atoms with E-state index in [1.54, 1.807) is 6.07 Å². The average Bonchev–Trinajstić information content (AvgIpc) is 3.42. The van der Waals surface area contributed by atoms with Crippen LogP contribution in [0.15, 0.2) is 33.3 Å². The molecule has 0 N–H and O–H groups in total. The molecule has 7 nitrogen and oxygen atoms in total. The van der Waals surface area contributed by atoms with E-state index in [0.717, 1.165) is 69.2 Å². The van der Waals surface area contributed by atoms with Crippen LogP contribution in [0.3, 0.4) is 0 Å². The van der Waals surface area contributed by atoms with E-state index in [0.29, 0.717) is 12.4 Å². The fourth-order valence-electron chi connectivity index (χ4n) is 4.35. The molecule has 0 spiro atoms. The van der Waals surface area contributed by atoms with Crippen molar-refractivity contribution in [1.29, 1.82) is 0 Å². The monoisotopic (exact) mass is 447 g/mol. The third kappa shape index (κ3) is 4.56. The number of halogens is 3. The molecule has 0 atom stereocenters. The van der Waals surface area contributed by atoms with Gasteiger partial charge >= 0.3 is 6.18 Å². The quantitative estimate of drug-likeness (QED) is 0.587. The highest BCUT2D eigenvalue weighted by Crippen LogP contribution is 2.31. The number of benzene rings is 1. The molecule has 0 amide bonds. The predicted molar refractivity (Wildman–Crippen MR) is 108 cm³/mol. The summed E-state index contributed by atoms with van der Waals surface area (Å²) in [5, 5.41) is 8.17. The van der Waals surface area contributed by atoms with Crippen LogP contribution in [0, 0.1) is 0 Å². The molecule has 1 aromatic carbocycles. The highest BCUT2D eigenvalue weighted by Gasteiger charge is 2.31. The minimum absolute atomic E-state index is 0.167. The second kappa shape index (κ2) is 8.67. The van der Waals surface area contributed by atoms with Gasteiger partial charge in [-0.05, 0) is 31.4 Å². The number of piperazine rings is 1. The number of nitrogens with zero attached hydrogens (tertiary/aromatic N) is 5. The van der Waals surface area contributed by atoms with Crippen LogP contribution in [-0.4, -0.2) is 51.3 Å². The molecule has 170 valence electrons. The van der Waals surface area contributed by atoms with Crippen molar-refractivity contribution in [3.8, 4) is 11.4 Å². The van der Waals surface area contributed by atoms with E-state index in [1.807, 2.05) is 0 Å². The lowest BCUT2D eigenvalue weighted by Gasteiger charge is -2.33. The molecule has 2 aromatic heterocycles. The highest BCUT2D eigenvalue weighted by atomic mass is 19.4. The Morgan fingerprint density at radius 3 is 2.44 bits per heavy atom. The molecule has 2 aliphatic rings. The fourth-order valence-corrected chi connectivity index (χ4v) is 4.35. The fraction of sp³-hybridized carbons (Fsp3) is 0.500. The number of aryl methyl sites for hydroxylation is 1. The van der Waals surface area contributed by atoms with Crippen molar-refractivity contribution in [3.63, 3.8) is 0 Å². The highest BCUT2D eigenvalue weighted by molar-refractivity contribution is 5.55. The van der Waals surface area contributed by atoms with Crippen molar-refractivity contribution in [2.75, 3.05) is 26.2 Å². The number of aromatic nitrogens is 3. The van der Waals surface area contributed by atoms with Gasteiger partial charge in [0.15, 0.2) is 0 Å². The molecular weight excluding hydrogens is 423 g/mol. The Hall–Kier alpha value is -2.72. The SMILES string of the molecule is FC(F)(F)c1cccc(-c2noc(CN3CCN(Cc4noc5c4CCCC5)CC3)n2)c1. The van der Waals surface area contributed by atoms with Crippen LogP contribution >= 0.6 is 0 Å². The van der Waals surface area contributed by atoms with Crippen molar-refractivity contribution in [3.05, 3.63) is 52.7 Å². The molecule has 3 heterocycles. The summed E-state index contributed by atoms with van der Waals surface area (Å²) in [7, 11) is 0. The molecule has 1 saturated heterocycles. The zero-order valence-electron chi connectivity index (χ0n) is 17.6. The number of rotatable bonds is 5. The van der Waals surface area contributed by atoms with Gasteiger partial charge in [-0.1, -0.05) is 22.4 Å². The molecule has 1 aliphatic carbocycles. The van der Waals surface area contributed by atoms with Gasteiger partial charge in [-0.15, -0.1) is 0 Å². The molecule has 3 aromatic rings. The molecule has 0 bridgehead atoms. The molecular formula is C22H24F3N5O2. The maximum absolute atomic E-state index is 12.9. The molecule has 1 aliphatic heterocycles. The Balaban J connectivity index is 1.16. The summed E-state index contributed by atoms with van der Waals surface area (Å²) in [6.07, 6.45) is 0.00291. The minimum Gasteiger partial charge on any atom is -0.361 e. The van der Waals surface area contributed by atoms with Gasteiger partial charge in [-0.2, -0.15) is 18.2 Å². The van der Waals surface area contributed by atoms with Gasteiger partial charge < -0.3 is 9.05 Å².